The summed E-state index contributed by atoms with van der Waals surface area (Å²) in [5, 5.41) is 13.7. The molecule has 2 rings (SSSR count). The number of nitrogens with one attached hydrogen (secondary N) is 5. The first-order chi connectivity index (χ1) is 16.4. The van der Waals surface area contributed by atoms with Gasteiger partial charge in [-0.3, -0.25) is 14.4 Å². The average Bonchev–Trinajstić information content (AvgIpc) is 2.87. The fourth-order valence-electron chi connectivity index (χ4n) is 3.26. The topological polar surface area (TPSA) is 140 Å². The SMILES string of the molecule is CCN(CC)CCCNC(=O)c1ccc(NC(=O)c2nc(C(=O)NC)c(NC)nc2NC)cc1. The summed E-state index contributed by atoms with van der Waals surface area (Å²) in [6, 6.07) is 6.55. The van der Waals surface area contributed by atoms with Crippen LogP contribution in [0, 0.1) is 0 Å². The molecule has 0 aliphatic heterocycles. The first-order valence-corrected chi connectivity index (χ1v) is 11.3. The Balaban J connectivity index is 2.06. The molecule has 0 unspecified atom stereocenters. The minimum absolute atomic E-state index is 0.00200. The molecule has 0 saturated heterocycles. The summed E-state index contributed by atoms with van der Waals surface area (Å²) in [6.45, 7) is 7.75. The van der Waals surface area contributed by atoms with Crippen molar-refractivity contribution in [3.8, 4) is 0 Å². The number of carbonyl (C=O) groups is 3. The molecule has 0 saturated carbocycles. The number of nitrogens with zero attached hydrogens (tertiary/aromatic N) is 3. The minimum Gasteiger partial charge on any atom is -0.371 e. The maximum Gasteiger partial charge on any atom is 0.278 e. The molecule has 1 aromatic carbocycles. The molecule has 0 fully saturated rings. The molecule has 3 amide bonds. The highest BCUT2D eigenvalue weighted by atomic mass is 16.2. The zero-order chi connectivity index (χ0) is 25.1. The van der Waals surface area contributed by atoms with E-state index >= 15 is 0 Å². The molecule has 0 radical (unpaired) electrons. The summed E-state index contributed by atoms with van der Waals surface area (Å²) in [7, 11) is 4.69. The van der Waals surface area contributed by atoms with E-state index in [4.69, 9.17) is 0 Å². The fraction of sp³-hybridized carbons (Fsp3) is 0.435. The van der Waals surface area contributed by atoms with Crippen molar-refractivity contribution in [3.63, 3.8) is 0 Å². The van der Waals surface area contributed by atoms with Crippen LogP contribution >= 0.6 is 0 Å². The van der Waals surface area contributed by atoms with E-state index in [9.17, 15) is 14.4 Å². The number of rotatable bonds is 12. The van der Waals surface area contributed by atoms with Gasteiger partial charge in [0.1, 0.15) is 0 Å². The maximum atomic E-state index is 12.9. The third-order valence-corrected chi connectivity index (χ3v) is 5.26. The Morgan fingerprint density at radius 3 is 1.94 bits per heavy atom. The molecule has 1 aromatic heterocycles. The molecule has 5 N–H and O–H groups in total. The Morgan fingerprint density at radius 2 is 1.41 bits per heavy atom. The van der Waals surface area contributed by atoms with E-state index in [0.717, 1.165) is 26.1 Å². The summed E-state index contributed by atoms with van der Waals surface area (Å²) >= 11 is 0. The normalized spacial score (nSPS) is 10.5. The molecule has 0 spiro atoms. The van der Waals surface area contributed by atoms with Crippen LogP contribution < -0.4 is 26.6 Å². The van der Waals surface area contributed by atoms with Crippen molar-refractivity contribution in [3.05, 3.63) is 41.2 Å². The van der Waals surface area contributed by atoms with Gasteiger partial charge in [0.05, 0.1) is 0 Å². The monoisotopic (exact) mass is 470 g/mol. The lowest BCUT2D eigenvalue weighted by Gasteiger charge is -2.17. The van der Waals surface area contributed by atoms with Gasteiger partial charge in [0.15, 0.2) is 23.0 Å². The lowest BCUT2D eigenvalue weighted by atomic mass is 10.2. The van der Waals surface area contributed by atoms with E-state index in [0.29, 0.717) is 17.8 Å². The van der Waals surface area contributed by atoms with Gasteiger partial charge in [-0.15, -0.1) is 0 Å². The lowest BCUT2D eigenvalue weighted by molar-refractivity contribution is 0.0945. The molecule has 0 aliphatic rings. The van der Waals surface area contributed by atoms with E-state index in [1.54, 1.807) is 38.4 Å². The second-order valence-corrected chi connectivity index (χ2v) is 7.36. The van der Waals surface area contributed by atoms with Gasteiger partial charge in [-0.25, -0.2) is 9.97 Å². The number of benzene rings is 1. The summed E-state index contributed by atoms with van der Waals surface area (Å²) in [4.78, 5) is 48.2. The predicted molar refractivity (Wildman–Crippen MR) is 134 cm³/mol. The van der Waals surface area contributed by atoms with Crippen LogP contribution in [-0.2, 0) is 0 Å². The van der Waals surface area contributed by atoms with E-state index in [1.165, 1.54) is 7.05 Å². The van der Waals surface area contributed by atoms with Crippen molar-refractivity contribution >= 4 is 35.0 Å². The molecule has 0 aliphatic carbocycles. The standard InChI is InChI=1S/C23H34N8O3/c1-6-31(7-2)14-8-13-27-21(32)15-9-11-16(12-10-15)28-23(34)18-20(25-4)30-19(24-3)17(29-18)22(33)26-5/h9-12H,6-8,13-14H2,1-5H3,(H,26,33)(H,27,32)(H,28,34)(H2,24,25,30). The smallest absolute Gasteiger partial charge is 0.278 e. The van der Waals surface area contributed by atoms with Crippen molar-refractivity contribution in [1.29, 1.82) is 0 Å². The highest BCUT2D eigenvalue weighted by Gasteiger charge is 2.22. The summed E-state index contributed by atoms with van der Waals surface area (Å²) in [5.74, 6) is -0.721. The van der Waals surface area contributed by atoms with Crippen LogP contribution in [0.1, 0.15) is 51.6 Å². The van der Waals surface area contributed by atoms with Gasteiger partial charge in [0.2, 0.25) is 0 Å². The van der Waals surface area contributed by atoms with E-state index < -0.39 is 11.8 Å². The van der Waals surface area contributed by atoms with Crippen LogP contribution in [0.25, 0.3) is 0 Å². The number of anilines is 3. The molecular formula is C23H34N8O3. The zero-order valence-corrected chi connectivity index (χ0v) is 20.4. The second-order valence-electron chi connectivity index (χ2n) is 7.36. The van der Waals surface area contributed by atoms with Crippen LogP contribution in [0.15, 0.2) is 24.3 Å². The summed E-state index contributed by atoms with van der Waals surface area (Å²) < 4.78 is 0. The molecule has 34 heavy (non-hydrogen) atoms. The summed E-state index contributed by atoms with van der Waals surface area (Å²) in [6.07, 6.45) is 0.876. The Kier molecular flexibility index (Phi) is 10.2. The molecule has 11 nitrogen and oxygen atoms in total. The largest absolute Gasteiger partial charge is 0.371 e. The van der Waals surface area contributed by atoms with Gasteiger partial charge in [0, 0.05) is 38.9 Å². The molecule has 11 heteroatoms. The van der Waals surface area contributed by atoms with Crippen LogP contribution in [0.2, 0.25) is 0 Å². The number of amides is 3. The molecule has 0 atom stereocenters. The number of hydrogen-bond donors (Lipinski definition) is 5. The van der Waals surface area contributed by atoms with Crippen LogP contribution in [0.4, 0.5) is 17.3 Å². The van der Waals surface area contributed by atoms with Gasteiger partial charge < -0.3 is 31.5 Å². The van der Waals surface area contributed by atoms with Crippen molar-refractivity contribution in [1.82, 2.24) is 25.5 Å². The number of aromatic nitrogens is 2. The van der Waals surface area contributed by atoms with E-state index in [-0.39, 0.29) is 28.9 Å². The Morgan fingerprint density at radius 1 is 0.824 bits per heavy atom. The van der Waals surface area contributed by atoms with Gasteiger partial charge in [-0.05, 0) is 50.3 Å². The predicted octanol–water partition coefficient (Wildman–Crippen LogP) is 1.63. The van der Waals surface area contributed by atoms with Gasteiger partial charge in [-0.1, -0.05) is 13.8 Å². The minimum atomic E-state index is -0.543. The third kappa shape index (κ3) is 6.88. The van der Waals surface area contributed by atoms with Crippen LogP contribution in [0.5, 0.6) is 0 Å². The van der Waals surface area contributed by atoms with E-state index in [1.807, 2.05) is 0 Å². The average molecular weight is 471 g/mol. The molecule has 1 heterocycles. The number of hydrogen-bond acceptors (Lipinski definition) is 8. The fourth-order valence-corrected chi connectivity index (χ4v) is 3.26. The van der Waals surface area contributed by atoms with E-state index in [2.05, 4.69) is 55.3 Å². The first kappa shape index (κ1) is 26.5. The number of carbonyl (C=O) groups excluding carboxylic acids is 3. The quantitative estimate of drug-likeness (QED) is 0.295. The second kappa shape index (κ2) is 13.1. The van der Waals surface area contributed by atoms with Gasteiger partial charge in [0.25, 0.3) is 17.7 Å². The highest BCUT2D eigenvalue weighted by Crippen LogP contribution is 2.19. The zero-order valence-electron chi connectivity index (χ0n) is 20.4. The summed E-state index contributed by atoms with van der Waals surface area (Å²) in [5.41, 5.74) is 0.945. The van der Waals surface area contributed by atoms with Gasteiger partial charge >= 0.3 is 0 Å². The van der Waals surface area contributed by atoms with Crippen molar-refractivity contribution in [2.24, 2.45) is 0 Å². The molecule has 184 valence electrons. The van der Waals surface area contributed by atoms with Crippen LogP contribution in [0.3, 0.4) is 0 Å². The third-order valence-electron chi connectivity index (χ3n) is 5.26. The highest BCUT2D eigenvalue weighted by molar-refractivity contribution is 6.08. The lowest BCUT2D eigenvalue weighted by Crippen LogP contribution is -2.29. The molecule has 2 aromatic rings. The van der Waals surface area contributed by atoms with Gasteiger partial charge in [-0.2, -0.15) is 0 Å². The molecular weight excluding hydrogens is 436 g/mol. The first-order valence-electron chi connectivity index (χ1n) is 11.3. The van der Waals surface area contributed by atoms with Crippen molar-refractivity contribution < 1.29 is 14.4 Å². The Bertz CT molecular complexity index is 990. The maximum absolute atomic E-state index is 12.9. The van der Waals surface area contributed by atoms with Crippen LogP contribution in [-0.4, -0.2) is 79.9 Å². The van der Waals surface area contributed by atoms with Crippen molar-refractivity contribution in [2.75, 3.05) is 63.3 Å². The molecule has 0 bridgehead atoms. The Labute approximate surface area is 200 Å². The Hall–Kier alpha value is -3.73. The van der Waals surface area contributed by atoms with Crippen molar-refractivity contribution in [2.45, 2.75) is 20.3 Å².